The summed E-state index contributed by atoms with van der Waals surface area (Å²) in [4.78, 5) is 0. The number of ether oxygens (including phenoxy) is 2. The highest BCUT2D eigenvalue weighted by Crippen LogP contribution is 2.34. The van der Waals surface area contributed by atoms with Gasteiger partial charge in [0.05, 0.1) is 19.9 Å². The van der Waals surface area contributed by atoms with E-state index in [1.165, 1.54) is 0 Å². The Morgan fingerprint density at radius 2 is 2.06 bits per heavy atom. The lowest BCUT2D eigenvalue weighted by atomic mass is 9.91. The topological polar surface area (TPSA) is 51.0 Å². The fourth-order valence-electron chi connectivity index (χ4n) is 2.16. The van der Waals surface area contributed by atoms with Crippen molar-refractivity contribution in [2.45, 2.75) is 19.3 Å². The fourth-order valence-corrected chi connectivity index (χ4v) is 2.16. The molecule has 0 heterocycles. The van der Waals surface area contributed by atoms with Gasteiger partial charge >= 0.3 is 0 Å². The molecule has 0 fully saturated rings. The second kappa shape index (κ2) is 5.58. The first-order chi connectivity index (χ1) is 8.80. The van der Waals surface area contributed by atoms with E-state index >= 15 is 0 Å². The zero-order valence-corrected chi connectivity index (χ0v) is 10.6. The molecule has 1 aliphatic rings. The number of methoxy groups -OCH3 is 2. The number of rotatable bonds is 3. The average molecular weight is 247 g/mol. The molecule has 4 nitrogen and oxygen atoms in total. The van der Waals surface area contributed by atoms with Crippen LogP contribution < -0.4 is 9.47 Å². The average Bonchev–Trinajstić information content (AvgIpc) is 2.46. The number of oxime groups is 1. The van der Waals surface area contributed by atoms with E-state index in [0.29, 0.717) is 5.71 Å². The third-order valence-corrected chi connectivity index (χ3v) is 3.09. The van der Waals surface area contributed by atoms with Crippen LogP contribution in [0.25, 0.3) is 5.57 Å². The minimum absolute atomic E-state index is 0.702. The monoisotopic (exact) mass is 247 g/mol. The summed E-state index contributed by atoms with van der Waals surface area (Å²) in [6, 6.07) is 5.61. The van der Waals surface area contributed by atoms with Gasteiger partial charge in [0.1, 0.15) is 11.5 Å². The van der Waals surface area contributed by atoms with E-state index in [2.05, 4.69) is 11.2 Å². The number of benzene rings is 1. The SMILES string of the molecule is COc1ccc(OC)c(C2=CCCC/C2=N\O)c1. The van der Waals surface area contributed by atoms with Crippen LogP contribution in [0.2, 0.25) is 0 Å². The highest BCUT2D eigenvalue weighted by molar-refractivity contribution is 6.24. The van der Waals surface area contributed by atoms with E-state index in [0.717, 1.165) is 41.9 Å². The van der Waals surface area contributed by atoms with Crippen LogP contribution in [0.4, 0.5) is 0 Å². The van der Waals surface area contributed by atoms with E-state index in [9.17, 15) is 0 Å². The van der Waals surface area contributed by atoms with Crippen LogP contribution in [0.15, 0.2) is 29.4 Å². The van der Waals surface area contributed by atoms with Gasteiger partial charge in [-0.25, -0.2) is 0 Å². The molecule has 18 heavy (non-hydrogen) atoms. The molecule has 1 N–H and O–H groups in total. The van der Waals surface area contributed by atoms with Crippen LogP contribution >= 0.6 is 0 Å². The molecular formula is C14H17NO3. The van der Waals surface area contributed by atoms with Crippen LogP contribution in [0.1, 0.15) is 24.8 Å². The second-order valence-corrected chi connectivity index (χ2v) is 4.12. The van der Waals surface area contributed by atoms with Crippen molar-refractivity contribution in [2.24, 2.45) is 5.16 Å². The molecule has 1 aromatic carbocycles. The summed E-state index contributed by atoms with van der Waals surface area (Å²) in [5, 5.41) is 12.5. The van der Waals surface area contributed by atoms with Crippen LogP contribution in [0.3, 0.4) is 0 Å². The summed E-state index contributed by atoms with van der Waals surface area (Å²) in [5.74, 6) is 1.51. The highest BCUT2D eigenvalue weighted by atomic mass is 16.5. The fraction of sp³-hybridized carbons (Fsp3) is 0.357. The van der Waals surface area contributed by atoms with Crippen LogP contribution in [0, 0.1) is 0 Å². The van der Waals surface area contributed by atoms with Crippen molar-refractivity contribution < 1.29 is 14.7 Å². The van der Waals surface area contributed by atoms with Crippen LogP contribution in [-0.4, -0.2) is 25.1 Å². The minimum Gasteiger partial charge on any atom is -0.497 e. The van der Waals surface area contributed by atoms with E-state index in [1.807, 2.05) is 18.2 Å². The molecule has 0 aromatic heterocycles. The molecule has 0 aliphatic heterocycles. The first kappa shape index (κ1) is 12.5. The molecule has 96 valence electrons. The summed E-state index contributed by atoms with van der Waals surface area (Å²) in [6.45, 7) is 0. The van der Waals surface area contributed by atoms with Gasteiger partial charge in [0.15, 0.2) is 0 Å². The van der Waals surface area contributed by atoms with Gasteiger partial charge in [-0.1, -0.05) is 11.2 Å². The Bertz CT molecular complexity index is 492. The summed E-state index contributed by atoms with van der Waals surface area (Å²) in [5.41, 5.74) is 2.54. The summed E-state index contributed by atoms with van der Waals surface area (Å²) in [6.07, 6.45) is 4.85. The van der Waals surface area contributed by atoms with Crippen molar-refractivity contribution in [1.29, 1.82) is 0 Å². The van der Waals surface area contributed by atoms with Crippen molar-refractivity contribution in [3.8, 4) is 11.5 Å². The first-order valence-corrected chi connectivity index (χ1v) is 5.94. The van der Waals surface area contributed by atoms with Crippen molar-refractivity contribution in [2.75, 3.05) is 14.2 Å². The Morgan fingerprint density at radius 1 is 1.22 bits per heavy atom. The zero-order valence-electron chi connectivity index (χ0n) is 10.6. The van der Waals surface area contributed by atoms with Gasteiger partial charge in [-0.05, 0) is 37.5 Å². The Morgan fingerprint density at radius 3 is 2.72 bits per heavy atom. The Hall–Kier alpha value is -1.97. The van der Waals surface area contributed by atoms with Crippen LogP contribution in [0.5, 0.6) is 11.5 Å². The molecule has 2 rings (SSSR count). The molecule has 0 saturated heterocycles. The number of hydrogen-bond donors (Lipinski definition) is 1. The zero-order chi connectivity index (χ0) is 13.0. The normalized spacial score (nSPS) is 17.4. The molecule has 0 saturated carbocycles. The summed E-state index contributed by atoms with van der Waals surface area (Å²) in [7, 11) is 3.26. The summed E-state index contributed by atoms with van der Waals surface area (Å²) >= 11 is 0. The third kappa shape index (κ3) is 2.32. The highest BCUT2D eigenvalue weighted by Gasteiger charge is 2.18. The third-order valence-electron chi connectivity index (χ3n) is 3.09. The predicted molar refractivity (Wildman–Crippen MR) is 70.6 cm³/mol. The Labute approximate surface area is 107 Å². The molecule has 0 radical (unpaired) electrons. The lowest BCUT2D eigenvalue weighted by Crippen LogP contribution is -2.08. The van der Waals surface area contributed by atoms with Gasteiger partial charge < -0.3 is 14.7 Å². The van der Waals surface area contributed by atoms with E-state index in [1.54, 1.807) is 14.2 Å². The second-order valence-electron chi connectivity index (χ2n) is 4.12. The summed E-state index contributed by atoms with van der Waals surface area (Å²) < 4.78 is 10.6. The Balaban J connectivity index is 2.51. The first-order valence-electron chi connectivity index (χ1n) is 5.94. The van der Waals surface area contributed by atoms with Crippen LogP contribution in [-0.2, 0) is 0 Å². The maximum atomic E-state index is 9.09. The van der Waals surface area contributed by atoms with Gasteiger partial charge in [0, 0.05) is 11.1 Å². The van der Waals surface area contributed by atoms with Gasteiger partial charge in [-0.2, -0.15) is 0 Å². The van der Waals surface area contributed by atoms with E-state index in [4.69, 9.17) is 14.7 Å². The lowest BCUT2D eigenvalue weighted by Gasteiger charge is -2.17. The standard InChI is InChI=1S/C14H17NO3/c1-17-10-7-8-14(18-2)12(9-10)11-5-3-4-6-13(11)15-16/h5,7-9,16H,3-4,6H2,1-2H3/b15-13+. The smallest absolute Gasteiger partial charge is 0.127 e. The molecular weight excluding hydrogens is 230 g/mol. The molecule has 1 aliphatic carbocycles. The van der Waals surface area contributed by atoms with Gasteiger partial charge in [0.25, 0.3) is 0 Å². The molecule has 0 bridgehead atoms. The maximum absolute atomic E-state index is 9.09. The number of hydrogen-bond acceptors (Lipinski definition) is 4. The molecule has 1 aromatic rings. The minimum atomic E-state index is 0.702. The molecule has 4 heteroatoms. The lowest BCUT2D eigenvalue weighted by molar-refractivity contribution is 0.318. The van der Waals surface area contributed by atoms with Gasteiger partial charge in [-0.3, -0.25) is 0 Å². The molecule has 0 atom stereocenters. The van der Waals surface area contributed by atoms with Crippen molar-refractivity contribution in [3.05, 3.63) is 29.8 Å². The molecule has 0 spiro atoms. The molecule has 0 unspecified atom stereocenters. The quantitative estimate of drug-likeness (QED) is 0.659. The molecule has 0 amide bonds. The number of nitrogens with zero attached hydrogens (tertiary/aromatic N) is 1. The van der Waals surface area contributed by atoms with E-state index < -0.39 is 0 Å². The largest absolute Gasteiger partial charge is 0.497 e. The van der Waals surface area contributed by atoms with Gasteiger partial charge in [-0.15, -0.1) is 0 Å². The van der Waals surface area contributed by atoms with Crippen molar-refractivity contribution in [1.82, 2.24) is 0 Å². The van der Waals surface area contributed by atoms with E-state index in [-0.39, 0.29) is 0 Å². The maximum Gasteiger partial charge on any atom is 0.127 e. The Kier molecular flexibility index (Phi) is 3.87. The van der Waals surface area contributed by atoms with Crippen molar-refractivity contribution >= 4 is 11.3 Å². The predicted octanol–water partition coefficient (Wildman–Crippen LogP) is 3.10. The van der Waals surface area contributed by atoms with Crippen molar-refractivity contribution in [3.63, 3.8) is 0 Å². The number of allylic oxidation sites excluding steroid dienone is 2. The van der Waals surface area contributed by atoms with Gasteiger partial charge in [0.2, 0.25) is 0 Å².